The minimum Gasteiger partial charge on any atom is -0.419 e. The fourth-order valence-corrected chi connectivity index (χ4v) is 4.12. The van der Waals surface area contributed by atoms with E-state index in [9.17, 15) is 4.39 Å². The van der Waals surface area contributed by atoms with E-state index in [0.717, 1.165) is 16.7 Å². The van der Waals surface area contributed by atoms with Gasteiger partial charge in [-0.3, -0.25) is 4.90 Å². The summed E-state index contributed by atoms with van der Waals surface area (Å²) in [6.07, 6.45) is 0. The fraction of sp³-hybridized carbons (Fsp3) is 0.148. The summed E-state index contributed by atoms with van der Waals surface area (Å²) in [6.45, 7) is 2.22. The Morgan fingerprint density at radius 1 is 0.853 bits per heavy atom. The highest BCUT2D eigenvalue weighted by molar-refractivity contribution is 5.77. The highest BCUT2D eigenvalue weighted by Crippen LogP contribution is 2.34. The van der Waals surface area contributed by atoms with Crippen molar-refractivity contribution in [1.82, 2.24) is 20.3 Å². The summed E-state index contributed by atoms with van der Waals surface area (Å²) in [4.78, 5) is 2.10. The van der Waals surface area contributed by atoms with Gasteiger partial charge in [-0.1, -0.05) is 78.0 Å². The molecule has 5 rings (SSSR count). The lowest BCUT2D eigenvalue weighted by atomic mass is 9.97. The number of aromatic nitrogens is 3. The molecular formula is C27H23FN4O2. The number of halogens is 1. The molecule has 0 saturated carbocycles. The Kier molecular flexibility index (Phi) is 6.01. The second-order valence-electron chi connectivity index (χ2n) is 8.11. The van der Waals surface area contributed by atoms with E-state index >= 15 is 0 Å². The molecule has 3 aromatic carbocycles. The van der Waals surface area contributed by atoms with Crippen molar-refractivity contribution < 1.29 is 13.3 Å². The molecule has 0 N–H and O–H groups in total. The van der Waals surface area contributed by atoms with Crippen molar-refractivity contribution in [2.24, 2.45) is 0 Å². The van der Waals surface area contributed by atoms with Crippen LogP contribution in [0.5, 0.6) is 0 Å². The van der Waals surface area contributed by atoms with E-state index in [4.69, 9.17) is 8.94 Å². The molecule has 0 spiro atoms. The zero-order valence-corrected chi connectivity index (χ0v) is 18.9. The van der Waals surface area contributed by atoms with E-state index in [1.165, 1.54) is 12.1 Å². The van der Waals surface area contributed by atoms with E-state index in [0.29, 0.717) is 35.3 Å². The molecule has 2 aromatic heterocycles. The van der Waals surface area contributed by atoms with Crippen molar-refractivity contribution in [3.8, 4) is 22.7 Å². The third-order valence-electron chi connectivity index (χ3n) is 5.72. The Labute approximate surface area is 196 Å². The Hall–Kier alpha value is -4.10. The second-order valence-corrected chi connectivity index (χ2v) is 8.11. The predicted molar refractivity (Wildman–Crippen MR) is 126 cm³/mol. The molecule has 0 radical (unpaired) electrons. The van der Waals surface area contributed by atoms with Gasteiger partial charge in [-0.25, -0.2) is 4.39 Å². The molecule has 1 atom stereocenters. The van der Waals surface area contributed by atoms with Gasteiger partial charge >= 0.3 is 0 Å². The van der Waals surface area contributed by atoms with Gasteiger partial charge in [0.15, 0.2) is 0 Å². The van der Waals surface area contributed by atoms with E-state index in [2.05, 4.69) is 32.4 Å². The summed E-state index contributed by atoms with van der Waals surface area (Å²) in [7, 11) is 1.98. The molecule has 0 aliphatic heterocycles. The van der Waals surface area contributed by atoms with Crippen LogP contribution in [0.3, 0.4) is 0 Å². The van der Waals surface area contributed by atoms with Crippen LogP contribution >= 0.6 is 0 Å². The van der Waals surface area contributed by atoms with Crippen LogP contribution in [0.15, 0.2) is 93.9 Å². The Balaban J connectivity index is 1.44. The number of rotatable bonds is 7. The molecule has 0 unspecified atom stereocenters. The smallest absolute Gasteiger partial charge is 0.253 e. The van der Waals surface area contributed by atoms with Crippen LogP contribution in [-0.2, 0) is 6.54 Å². The summed E-state index contributed by atoms with van der Waals surface area (Å²) in [5, 5.41) is 12.8. The summed E-state index contributed by atoms with van der Waals surface area (Å²) in [5.41, 5.74) is 4.31. The van der Waals surface area contributed by atoms with Gasteiger partial charge in [0, 0.05) is 5.56 Å². The molecule has 170 valence electrons. The maximum absolute atomic E-state index is 13.6. The minimum atomic E-state index is -0.266. The normalized spacial score (nSPS) is 12.2. The SMILES string of the molecule is Cc1onc(-c2ccccc2)c1-c1nnc(CN(C)[C@@H](c2ccccc2)c2ccc(F)cc2)o1. The van der Waals surface area contributed by atoms with E-state index < -0.39 is 0 Å². The minimum absolute atomic E-state index is 0.116. The number of hydrogen-bond donors (Lipinski definition) is 0. The zero-order chi connectivity index (χ0) is 23.5. The van der Waals surface area contributed by atoms with Crippen molar-refractivity contribution in [2.45, 2.75) is 19.5 Å². The van der Waals surface area contributed by atoms with Crippen LogP contribution in [0.1, 0.15) is 28.8 Å². The summed E-state index contributed by atoms with van der Waals surface area (Å²) >= 11 is 0. The monoisotopic (exact) mass is 454 g/mol. The van der Waals surface area contributed by atoms with Crippen molar-refractivity contribution in [2.75, 3.05) is 7.05 Å². The van der Waals surface area contributed by atoms with Gasteiger partial charge in [-0.05, 0) is 37.2 Å². The maximum Gasteiger partial charge on any atom is 0.253 e. The first-order valence-electron chi connectivity index (χ1n) is 11.0. The summed E-state index contributed by atoms with van der Waals surface area (Å²) < 4.78 is 25.1. The average Bonchev–Trinajstić information content (AvgIpc) is 3.47. The van der Waals surface area contributed by atoms with Crippen LogP contribution in [0.25, 0.3) is 22.7 Å². The van der Waals surface area contributed by atoms with Crippen LogP contribution in [-0.4, -0.2) is 27.3 Å². The van der Waals surface area contributed by atoms with Gasteiger partial charge < -0.3 is 8.94 Å². The lowest BCUT2D eigenvalue weighted by molar-refractivity contribution is 0.243. The molecule has 0 aliphatic rings. The first kappa shape index (κ1) is 21.7. The second kappa shape index (κ2) is 9.41. The molecule has 6 nitrogen and oxygen atoms in total. The van der Waals surface area contributed by atoms with Gasteiger partial charge in [0.05, 0.1) is 12.6 Å². The van der Waals surface area contributed by atoms with Gasteiger partial charge in [0.1, 0.15) is 22.8 Å². The molecule has 34 heavy (non-hydrogen) atoms. The largest absolute Gasteiger partial charge is 0.419 e. The van der Waals surface area contributed by atoms with E-state index in [1.54, 1.807) is 12.1 Å². The quantitative estimate of drug-likeness (QED) is 0.298. The third-order valence-corrected chi connectivity index (χ3v) is 5.72. The Morgan fingerprint density at radius 3 is 2.21 bits per heavy atom. The molecular weight excluding hydrogens is 431 g/mol. The number of aryl methyl sites for hydroxylation is 1. The summed E-state index contributed by atoms with van der Waals surface area (Å²) in [5.74, 6) is 1.16. The Bertz CT molecular complexity index is 1370. The van der Waals surface area contributed by atoms with Gasteiger partial charge in [-0.2, -0.15) is 0 Å². The molecule has 7 heteroatoms. The van der Waals surface area contributed by atoms with Crippen LogP contribution in [0, 0.1) is 12.7 Å². The molecule has 0 aliphatic carbocycles. The van der Waals surface area contributed by atoms with Crippen molar-refractivity contribution in [3.05, 3.63) is 114 Å². The topological polar surface area (TPSA) is 68.2 Å². The van der Waals surface area contributed by atoms with Crippen molar-refractivity contribution in [3.63, 3.8) is 0 Å². The average molecular weight is 455 g/mol. The molecule has 0 fully saturated rings. The van der Waals surface area contributed by atoms with Crippen molar-refractivity contribution in [1.29, 1.82) is 0 Å². The molecule has 0 saturated heterocycles. The molecule has 0 bridgehead atoms. The standard InChI is InChI=1S/C27H23FN4O2/c1-18-24(25(31-34-18)19-9-5-3-6-10-19)27-30-29-23(33-27)17-32(2)26(20-11-7-4-8-12-20)21-13-15-22(28)16-14-21/h3-16,26H,17H2,1-2H3/t26-/m0/s1. The molecule has 0 amide bonds. The number of hydrogen-bond acceptors (Lipinski definition) is 6. The molecule has 5 aromatic rings. The first-order chi connectivity index (χ1) is 16.6. The summed E-state index contributed by atoms with van der Waals surface area (Å²) in [6, 6.07) is 26.2. The molecule has 2 heterocycles. The van der Waals surface area contributed by atoms with Gasteiger partial charge in [-0.15, -0.1) is 10.2 Å². The number of nitrogens with zero attached hydrogens (tertiary/aromatic N) is 4. The van der Waals surface area contributed by atoms with E-state index in [-0.39, 0.29) is 11.9 Å². The van der Waals surface area contributed by atoms with Gasteiger partial charge in [0.2, 0.25) is 5.89 Å². The van der Waals surface area contributed by atoms with E-state index in [1.807, 2.05) is 62.5 Å². The lowest BCUT2D eigenvalue weighted by Gasteiger charge is -2.28. The number of benzene rings is 3. The zero-order valence-electron chi connectivity index (χ0n) is 18.9. The third kappa shape index (κ3) is 4.38. The van der Waals surface area contributed by atoms with Crippen LogP contribution in [0.4, 0.5) is 4.39 Å². The highest BCUT2D eigenvalue weighted by atomic mass is 19.1. The van der Waals surface area contributed by atoms with Gasteiger partial charge in [0.25, 0.3) is 5.89 Å². The Morgan fingerprint density at radius 2 is 1.50 bits per heavy atom. The predicted octanol–water partition coefficient (Wildman–Crippen LogP) is 6.06. The fourth-order valence-electron chi connectivity index (χ4n) is 4.12. The maximum atomic E-state index is 13.6. The first-order valence-corrected chi connectivity index (χ1v) is 11.0. The van der Waals surface area contributed by atoms with Crippen molar-refractivity contribution >= 4 is 0 Å². The highest BCUT2D eigenvalue weighted by Gasteiger charge is 2.24. The lowest BCUT2D eigenvalue weighted by Crippen LogP contribution is -2.25. The van der Waals surface area contributed by atoms with Crippen LogP contribution < -0.4 is 0 Å². The van der Waals surface area contributed by atoms with Crippen LogP contribution in [0.2, 0.25) is 0 Å².